The number of hydrogen-bond acceptors (Lipinski definition) is 7. The van der Waals surface area contributed by atoms with Crippen molar-refractivity contribution in [3.63, 3.8) is 0 Å². The molecule has 0 saturated heterocycles. The first-order chi connectivity index (χ1) is 11.6. The quantitative estimate of drug-likeness (QED) is 0.655. The number of methoxy groups -OCH3 is 1. The van der Waals surface area contributed by atoms with E-state index in [0.717, 1.165) is 35.6 Å². The molecule has 9 nitrogen and oxygen atoms in total. The summed E-state index contributed by atoms with van der Waals surface area (Å²) in [5, 5.41) is 16.8. The van der Waals surface area contributed by atoms with Crippen molar-refractivity contribution >= 4 is 16.9 Å². The highest BCUT2D eigenvalue weighted by Gasteiger charge is 2.17. The number of aryl methyl sites for hydroxylation is 3. The number of ether oxygens (including phenoxy) is 1. The fourth-order valence-electron chi connectivity index (χ4n) is 2.66. The summed E-state index contributed by atoms with van der Waals surface area (Å²) in [5.74, 6) is 2.31. The first kappa shape index (κ1) is 16.3. The standard InChI is InChI=1S/C15H22N8O/c1-10(14-21-16-9-23(14)6-5-7-24-4)18-13-12-8-17-22(3)15(12)20-11(2)19-13/h8-10H,5-7H2,1-4H3,(H,18,19,20)/t10-/m1/s1. The number of fused-ring (bicyclic) bond motifs is 1. The van der Waals surface area contributed by atoms with Gasteiger partial charge in [-0.25, -0.2) is 9.97 Å². The molecule has 3 aromatic rings. The summed E-state index contributed by atoms with van der Waals surface area (Å²) in [6.45, 7) is 5.43. The van der Waals surface area contributed by atoms with Gasteiger partial charge < -0.3 is 14.6 Å². The van der Waals surface area contributed by atoms with Crippen molar-refractivity contribution in [2.24, 2.45) is 7.05 Å². The Morgan fingerprint density at radius 1 is 1.33 bits per heavy atom. The van der Waals surface area contributed by atoms with Gasteiger partial charge in [-0.3, -0.25) is 4.68 Å². The van der Waals surface area contributed by atoms with Gasteiger partial charge in [0.1, 0.15) is 18.0 Å². The highest BCUT2D eigenvalue weighted by atomic mass is 16.5. The van der Waals surface area contributed by atoms with Crippen LogP contribution >= 0.6 is 0 Å². The maximum Gasteiger partial charge on any atom is 0.163 e. The first-order valence-electron chi connectivity index (χ1n) is 7.89. The van der Waals surface area contributed by atoms with Crippen LogP contribution in [0.3, 0.4) is 0 Å². The van der Waals surface area contributed by atoms with Crippen molar-refractivity contribution in [3.8, 4) is 0 Å². The van der Waals surface area contributed by atoms with Gasteiger partial charge in [0.15, 0.2) is 11.5 Å². The summed E-state index contributed by atoms with van der Waals surface area (Å²) in [6.07, 6.45) is 4.43. The minimum Gasteiger partial charge on any atom is -0.385 e. The Morgan fingerprint density at radius 3 is 2.96 bits per heavy atom. The summed E-state index contributed by atoms with van der Waals surface area (Å²) < 4.78 is 8.88. The van der Waals surface area contributed by atoms with E-state index < -0.39 is 0 Å². The lowest BCUT2D eigenvalue weighted by Gasteiger charge is -2.16. The fraction of sp³-hybridized carbons (Fsp3) is 0.533. The minimum atomic E-state index is -0.0484. The smallest absolute Gasteiger partial charge is 0.163 e. The molecular weight excluding hydrogens is 308 g/mol. The maximum atomic E-state index is 5.10. The van der Waals surface area contributed by atoms with Crippen LogP contribution in [0.15, 0.2) is 12.5 Å². The molecule has 3 heterocycles. The molecule has 0 saturated carbocycles. The van der Waals surface area contributed by atoms with Gasteiger partial charge in [0.25, 0.3) is 0 Å². The average Bonchev–Trinajstić information content (AvgIpc) is 3.15. The average molecular weight is 330 g/mol. The summed E-state index contributed by atoms with van der Waals surface area (Å²) in [6, 6.07) is -0.0484. The zero-order chi connectivity index (χ0) is 17.1. The van der Waals surface area contributed by atoms with Crippen LogP contribution in [-0.4, -0.2) is 48.2 Å². The molecule has 0 aromatic carbocycles. The molecule has 0 spiro atoms. The van der Waals surface area contributed by atoms with Crippen LogP contribution in [0, 0.1) is 6.92 Å². The van der Waals surface area contributed by atoms with Crippen molar-refractivity contribution < 1.29 is 4.74 Å². The van der Waals surface area contributed by atoms with E-state index in [0.29, 0.717) is 12.4 Å². The number of hydrogen-bond donors (Lipinski definition) is 1. The predicted molar refractivity (Wildman–Crippen MR) is 89.6 cm³/mol. The Kier molecular flexibility index (Phi) is 4.70. The predicted octanol–water partition coefficient (Wildman–Crippen LogP) is 1.47. The third-order valence-electron chi connectivity index (χ3n) is 3.84. The topological polar surface area (TPSA) is 95.6 Å². The molecule has 3 rings (SSSR count). The van der Waals surface area contributed by atoms with Gasteiger partial charge in [0, 0.05) is 27.3 Å². The van der Waals surface area contributed by atoms with Gasteiger partial charge in [0.2, 0.25) is 0 Å². The Morgan fingerprint density at radius 2 is 2.17 bits per heavy atom. The van der Waals surface area contributed by atoms with E-state index in [1.807, 2.05) is 25.5 Å². The zero-order valence-corrected chi connectivity index (χ0v) is 14.4. The van der Waals surface area contributed by atoms with Gasteiger partial charge in [-0.1, -0.05) is 0 Å². The van der Waals surface area contributed by atoms with E-state index in [1.54, 1.807) is 24.3 Å². The highest BCUT2D eigenvalue weighted by Crippen LogP contribution is 2.23. The Labute approximate surface area is 140 Å². The Hall–Kier alpha value is -2.55. The molecule has 0 aliphatic rings. The molecule has 24 heavy (non-hydrogen) atoms. The van der Waals surface area contributed by atoms with Crippen molar-refractivity contribution in [1.29, 1.82) is 0 Å². The zero-order valence-electron chi connectivity index (χ0n) is 14.4. The largest absolute Gasteiger partial charge is 0.385 e. The third kappa shape index (κ3) is 3.21. The normalized spacial score (nSPS) is 12.7. The molecule has 1 atom stereocenters. The van der Waals surface area contributed by atoms with Gasteiger partial charge in [0.05, 0.1) is 17.6 Å². The molecule has 0 amide bonds. The van der Waals surface area contributed by atoms with Gasteiger partial charge >= 0.3 is 0 Å². The van der Waals surface area contributed by atoms with E-state index in [-0.39, 0.29) is 6.04 Å². The molecule has 0 radical (unpaired) electrons. The van der Waals surface area contributed by atoms with E-state index >= 15 is 0 Å². The lowest BCUT2D eigenvalue weighted by molar-refractivity contribution is 0.190. The van der Waals surface area contributed by atoms with Crippen LogP contribution in [0.25, 0.3) is 11.0 Å². The highest BCUT2D eigenvalue weighted by molar-refractivity contribution is 5.86. The van der Waals surface area contributed by atoms with Crippen molar-refractivity contribution in [1.82, 2.24) is 34.5 Å². The number of nitrogens with zero attached hydrogens (tertiary/aromatic N) is 7. The van der Waals surface area contributed by atoms with E-state index in [2.05, 4.69) is 30.6 Å². The number of aromatic nitrogens is 7. The molecule has 0 fully saturated rings. The lowest BCUT2D eigenvalue weighted by atomic mass is 10.2. The van der Waals surface area contributed by atoms with Crippen LogP contribution in [0.5, 0.6) is 0 Å². The summed E-state index contributed by atoms with van der Waals surface area (Å²) in [5.41, 5.74) is 0.804. The van der Waals surface area contributed by atoms with Crippen molar-refractivity contribution in [3.05, 3.63) is 24.2 Å². The maximum absolute atomic E-state index is 5.10. The number of nitrogens with one attached hydrogen (secondary N) is 1. The van der Waals surface area contributed by atoms with Gasteiger partial charge in [-0.05, 0) is 20.3 Å². The van der Waals surface area contributed by atoms with Crippen molar-refractivity contribution in [2.75, 3.05) is 19.0 Å². The van der Waals surface area contributed by atoms with E-state index in [4.69, 9.17) is 4.74 Å². The summed E-state index contributed by atoms with van der Waals surface area (Å²) in [7, 11) is 3.57. The first-order valence-corrected chi connectivity index (χ1v) is 7.89. The SMILES string of the molecule is COCCCn1cnnc1[C@@H](C)Nc1nc(C)nc2c1cnn2C. The number of anilines is 1. The molecule has 1 N–H and O–H groups in total. The molecule has 3 aromatic heterocycles. The summed E-state index contributed by atoms with van der Waals surface area (Å²) in [4.78, 5) is 8.95. The second kappa shape index (κ2) is 6.91. The van der Waals surface area contributed by atoms with Gasteiger partial charge in [-0.2, -0.15) is 5.10 Å². The van der Waals surface area contributed by atoms with Crippen LogP contribution < -0.4 is 5.32 Å². The minimum absolute atomic E-state index is 0.0484. The van der Waals surface area contributed by atoms with Crippen LogP contribution in [0.4, 0.5) is 5.82 Å². The third-order valence-corrected chi connectivity index (χ3v) is 3.84. The molecule has 0 aliphatic heterocycles. The van der Waals surface area contributed by atoms with Crippen LogP contribution in [-0.2, 0) is 18.3 Å². The van der Waals surface area contributed by atoms with Crippen LogP contribution in [0.2, 0.25) is 0 Å². The monoisotopic (exact) mass is 330 g/mol. The fourth-order valence-corrected chi connectivity index (χ4v) is 2.66. The van der Waals surface area contributed by atoms with Crippen molar-refractivity contribution in [2.45, 2.75) is 32.9 Å². The molecule has 0 bridgehead atoms. The molecule has 128 valence electrons. The Bertz CT molecular complexity index is 824. The molecular formula is C15H22N8O. The van der Waals surface area contributed by atoms with Gasteiger partial charge in [-0.15, -0.1) is 10.2 Å². The summed E-state index contributed by atoms with van der Waals surface area (Å²) >= 11 is 0. The number of rotatable bonds is 7. The van der Waals surface area contributed by atoms with E-state index in [1.165, 1.54) is 0 Å². The second-order valence-corrected chi connectivity index (χ2v) is 5.72. The lowest BCUT2D eigenvalue weighted by Crippen LogP contribution is -2.15. The van der Waals surface area contributed by atoms with Crippen LogP contribution in [0.1, 0.15) is 31.0 Å². The molecule has 9 heteroatoms. The second-order valence-electron chi connectivity index (χ2n) is 5.72. The molecule has 0 unspecified atom stereocenters. The van der Waals surface area contributed by atoms with E-state index in [9.17, 15) is 0 Å². The molecule has 0 aliphatic carbocycles. The Balaban J connectivity index is 1.83.